The van der Waals surface area contributed by atoms with Crippen molar-refractivity contribution in [1.82, 2.24) is 4.90 Å². The van der Waals surface area contributed by atoms with E-state index in [9.17, 15) is 14.4 Å². The van der Waals surface area contributed by atoms with Crippen molar-refractivity contribution in [3.63, 3.8) is 0 Å². The summed E-state index contributed by atoms with van der Waals surface area (Å²) in [5.41, 5.74) is 1.78. The summed E-state index contributed by atoms with van der Waals surface area (Å²) in [6.45, 7) is 0. The number of carbonyl (C=O) groups is 3. The highest BCUT2D eigenvalue weighted by Crippen LogP contribution is 2.28. The number of nitrogens with one attached hydrogen (secondary N) is 1. The van der Waals surface area contributed by atoms with E-state index in [4.69, 9.17) is 23.2 Å². The summed E-state index contributed by atoms with van der Waals surface area (Å²) in [6.07, 6.45) is 0.173. The minimum Gasteiger partial charge on any atom is -0.324 e. The van der Waals surface area contributed by atoms with Crippen molar-refractivity contribution in [2.24, 2.45) is 0 Å². The summed E-state index contributed by atoms with van der Waals surface area (Å²) in [6, 6.07) is 19.4. The molecule has 1 unspecified atom stereocenters. The number of nitrogens with zero attached hydrogens (tertiary/aromatic N) is 1. The predicted octanol–water partition coefficient (Wildman–Crippen LogP) is 4.84. The molecule has 0 saturated heterocycles. The number of rotatable bonds is 5. The maximum Gasteiger partial charge on any atom is 0.262 e. The average molecular weight is 439 g/mol. The smallest absolute Gasteiger partial charge is 0.262 e. The molecule has 30 heavy (non-hydrogen) atoms. The van der Waals surface area contributed by atoms with Crippen LogP contribution in [0.3, 0.4) is 0 Å². The van der Waals surface area contributed by atoms with Crippen LogP contribution in [-0.2, 0) is 11.2 Å². The van der Waals surface area contributed by atoms with E-state index in [0.29, 0.717) is 26.9 Å². The Morgan fingerprint density at radius 3 is 1.93 bits per heavy atom. The van der Waals surface area contributed by atoms with E-state index in [1.807, 2.05) is 30.3 Å². The van der Waals surface area contributed by atoms with Crippen LogP contribution in [0.25, 0.3) is 0 Å². The van der Waals surface area contributed by atoms with Crippen molar-refractivity contribution < 1.29 is 14.4 Å². The summed E-state index contributed by atoms with van der Waals surface area (Å²) in [5, 5.41) is 3.45. The van der Waals surface area contributed by atoms with Crippen molar-refractivity contribution in [3.05, 3.63) is 99.5 Å². The quantitative estimate of drug-likeness (QED) is 0.579. The highest BCUT2D eigenvalue weighted by atomic mass is 35.5. The van der Waals surface area contributed by atoms with Crippen molar-refractivity contribution >= 4 is 46.6 Å². The van der Waals surface area contributed by atoms with Gasteiger partial charge in [-0.3, -0.25) is 19.3 Å². The van der Waals surface area contributed by atoms with Crippen molar-refractivity contribution in [1.29, 1.82) is 0 Å². The first kappa shape index (κ1) is 20.1. The third-order valence-electron chi connectivity index (χ3n) is 4.84. The Labute approximate surface area is 183 Å². The van der Waals surface area contributed by atoms with E-state index in [2.05, 4.69) is 5.32 Å². The Morgan fingerprint density at radius 1 is 0.833 bits per heavy atom. The lowest BCUT2D eigenvalue weighted by Gasteiger charge is -2.25. The van der Waals surface area contributed by atoms with E-state index in [1.54, 1.807) is 42.5 Å². The molecule has 1 heterocycles. The largest absolute Gasteiger partial charge is 0.324 e. The molecule has 0 aliphatic carbocycles. The molecule has 0 spiro atoms. The number of anilines is 1. The number of hydrogen-bond donors (Lipinski definition) is 1. The van der Waals surface area contributed by atoms with Crippen LogP contribution in [-0.4, -0.2) is 28.7 Å². The zero-order valence-electron chi connectivity index (χ0n) is 15.6. The van der Waals surface area contributed by atoms with Crippen molar-refractivity contribution in [3.8, 4) is 0 Å². The Hall–Kier alpha value is -3.15. The van der Waals surface area contributed by atoms with E-state index in [1.165, 1.54) is 0 Å². The van der Waals surface area contributed by atoms with Gasteiger partial charge in [0.2, 0.25) is 5.91 Å². The van der Waals surface area contributed by atoms with Gasteiger partial charge in [0.25, 0.3) is 11.8 Å². The standard InChI is InChI=1S/C23H16Cl2N2O3/c24-15-11-16(25)13-17(12-15)26-21(28)20(10-14-6-2-1-3-7-14)27-22(29)18-8-4-5-9-19(18)23(27)30/h1-9,11-13,20H,10H2,(H,26,28). The fraction of sp³-hybridized carbons (Fsp3) is 0.0870. The van der Waals surface area contributed by atoms with Crippen LogP contribution < -0.4 is 5.32 Å². The number of benzene rings is 3. The minimum atomic E-state index is -1.04. The topological polar surface area (TPSA) is 66.5 Å². The van der Waals surface area contributed by atoms with Gasteiger partial charge in [0.15, 0.2) is 0 Å². The van der Waals surface area contributed by atoms with E-state index < -0.39 is 23.8 Å². The first-order chi connectivity index (χ1) is 14.4. The summed E-state index contributed by atoms with van der Waals surface area (Å²) in [4.78, 5) is 40.2. The molecule has 1 atom stereocenters. The lowest BCUT2D eigenvalue weighted by Crippen LogP contribution is -2.48. The third-order valence-corrected chi connectivity index (χ3v) is 5.28. The summed E-state index contributed by atoms with van der Waals surface area (Å²) in [7, 11) is 0. The lowest BCUT2D eigenvalue weighted by atomic mass is 10.0. The minimum absolute atomic E-state index is 0.173. The van der Waals surface area contributed by atoms with Crippen LogP contribution >= 0.6 is 23.2 Å². The van der Waals surface area contributed by atoms with Gasteiger partial charge < -0.3 is 5.32 Å². The molecule has 7 heteroatoms. The summed E-state index contributed by atoms with van der Waals surface area (Å²) >= 11 is 12.0. The fourth-order valence-electron chi connectivity index (χ4n) is 3.48. The molecule has 0 bridgehead atoms. The summed E-state index contributed by atoms with van der Waals surface area (Å²) < 4.78 is 0. The highest BCUT2D eigenvalue weighted by Gasteiger charge is 2.42. The molecule has 1 aliphatic heterocycles. The van der Waals surface area contributed by atoms with Gasteiger partial charge in [-0.25, -0.2) is 0 Å². The molecule has 0 fully saturated rings. The molecule has 0 aromatic heterocycles. The number of amides is 3. The molecule has 3 aromatic rings. The fourth-order valence-corrected chi connectivity index (χ4v) is 4.01. The molecule has 5 nitrogen and oxygen atoms in total. The number of halogens is 2. The molecule has 1 N–H and O–H groups in total. The van der Waals surface area contributed by atoms with Crippen molar-refractivity contribution in [2.75, 3.05) is 5.32 Å². The second kappa shape index (κ2) is 8.30. The lowest BCUT2D eigenvalue weighted by molar-refractivity contribution is -0.119. The number of carbonyl (C=O) groups excluding carboxylic acids is 3. The number of fused-ring (bicyclic) bond motifs is 1. The van der Waals surface area contributed by atoms with Gasteiger partial charge in [-0.15, -0.1) is 0 Å². The van der Waals surface area contributed by atoms with Gasteiger partial charge in [0.05, 0.1) is 11.1 Å². The molecular weight excluding hydrogens is 423 g/mol. The van der Waals surface area contributed by atoms with E-state index in [-0.39, 0.29) is 6.42 Å². The van der Waals surface area contributed by atoms with Crippen LogP contribution in [0.1, 0.15) is 26.3 Å². The second-order valence-corrected chi connectivity index (χ2v) is 7.75. The Morgan fingerprint density at radius 2 is 1.37 bits per heavy atom. The average Bonchev–Trinajstić information content (AvgIpc) is 2.97. The van der Waals surface area contributed by atoms with Gasteiger partial charge in [-0.1, -0.05) is 65.7 Å². The molecule has 3 amide bonds. The molecule has 4 rings (SSSR count). The van der Waals surface area contributed by atoms with Gasteiger partial charge in [-0.2, -0.15) is 0 Å². The van der Waals surface area contributed by atoms with Crippen LogP contribution in [0.2, 0.25) is 10.0 Å². The monoisotopic (exact) mass is 438 g/mol. The molecule has 150 valence electrons. The zero-order chi connectivity index (χ0) is 21.3. The number of imide groups is 1. The Kier molecular flexibility index (Phi) is 5.57. The van der Waals surface area contributed by atoms with Crippen molar-refractivity contribution in [2.45, 2.75) is 12.5 Å². The SMILES string of the molecule is O=C(Nc1cc(Cl)cc(Cl)c1)C(Cc1ccccc1)N1C(=O)c2ccccc2C1=O. The van der Waals surface area contributed by atoms with Crippen LogP contribution in [0.15, 0.2) is 72.8 Å². The molecule has 0 saturated carbocycles. The Balaban J connectivity index is 1.69. The predicted molar refractivity (Wildman–Crippen MR) is 116 cm³/mol. The molecule has 0 radical (unpaired) electrons. The first-order valence-electron chi connectivity index (χ1n) is 9.22. The van der Waals surface area contributed by atoms with Gasteiger partial charge in [0.1, 0.15) is 6.04 Å². The third kappa shape index (κ3) is 3.95. The molecular formula is C23H16Cl2N2O3. The molecule has 3 aromatic carbocycles. The Bertz CT molecular complexity index is 1090. The maximum absolute atomic E-state index is 13.2. The first-order valence-corrected chi connectivity index (χ1v) is 9.97. The number of hydrogen-bond acceptors (Lipinski definition) is 3. The van der Waals surface area contributed by atoms with E-state index in [0.717, 1.165) is 10.5 Å². The highest BCUT2D eigenvalue weighted by molar-refractivity contribution is 6.35. The van der Waals surface area contributed by atoms with Crippen LogP contribution in [0.4, 0.5) is 5.69 Å². The van der Waals surface area contributed by atoms with Gasteiger partial charge >= 0.3 is 0 Å². The van der Waals surface area contributed by atoms with Crippen LogP contribution in [0, 0.1) is 0 Å². The van der Waals surface area contributed by atoms with Crippen LogP contribution in [0.5, 0.6) is 0 Å². The molecule has 1 aliphatic rings. The normalized spacial score (nSPS) is 13.9. The van der Waals surface area contributed by atoms with E-state index >= 15 is 0 Å². The van der Waals surface area contributed by atoms with Gasteiger partial charge in [-0.05, 0) is 35.9 Å². The maximum atomic E-state index is 13.2. The second-order valence-electron chi connectivity index (χ2n) is 6.88. The van der Waals surface area contributed by atoms with Gasteiger partial charge in [0, 0.05) is 22.2 Å². The zero-order valence-corrected chi connectivity index (χ0v) is 17.2. The summed E-state index contributed by atoms with van der Waals surface area (Å²) in [5.74, 6) is -1.49.